The molecular formula is C23H25ClFN3O6S. The molecule has 1 aliphatic heterocycles. The maximum Gasteiger partial charge on any atom is 0.434 e. The Morgan fingerprint density at radius 3 is 2.54 bits per heavy atom. The average molecular weight is 526 g/mol. The number of fused-ring (bicyclic) bond motifs is 1. The van der Waals surface area contributed by atoms with Gasteiger partial charge in [-0.1, -0.05) is 24.6 Å². The van der Waals surface area contributed by atoms with Gasteiger partial charge >= 0.3 is 5.76 Å². The molecule has 2 aromatic carbocycles. The van der Waals surface area contributed by atoms with Crippen LogP contribution < -0.4 is 10.5 Å². The Kier molecular flexibility index (Phi) is 6.80. The molecule has 2 N–H and O–H groups in total. The van der Waals surface area contributed by atoms with Crippen LogP contribution in [0.1, 0.15) is 60.1 Å². The van der Waals surface area contributed by atoms with Crippen molar-refractivity contribution >= 4 is 21.6 Å². The number of aliphatic hydroxyl groups is 1. The molecule has 12 heteroatoms. The van der Waals surface area contributed by atoms with Crippen molar-refractivity contribution in [2.75, 3.05) is 13.2 Å². The van der Waals surface area contributed by atoms with E-state index in [9.17, 15) is 18.3 Å². The monoisotopic (exact) mass is 525 g/mol. The van der Waals surface area contributed by atoms with Gasteiger partial charge in [-0.15, -0.1) is 5.10 Å². The van der Waals surface area contributed by atoms with Crippen LogP contribution in [-0.4, -0.2) is 41.2 Å². The van der Waals surface area contributed by atoms with Crippen LogP contribution in [0.2, 0.25) is 5.02 Å². The summed E-state index contributed by atoms with van der Waals surface area (Å²) in [4.78, 5) is 11.6. The Morgan fingerprint density at radius 2 is 1.91 bits per heavy atom. The Labute approximate surface area is 206 Å². The molecule has 0 amide bonds. The third-order valence-corrected chi connectivity index (χ3v) is 8.58. The predicted molar refractivity (Wildman–Crippen MR) is 126 cm³/mol. The average Bonchev–Trinajstić information content (AvgIpc) is 3.15. The summed E-state index contributed by atoms with van der Waals surface area (Å²) in [5.41, 5.74) is 1.89. The first kappa shape index (κ1) is 25.4. The molecule has 1 aliphatic rings. The van der Waals surface area contributed by atoms with Crippen molar-refractivity contribution in [1.82, 2.24) is 14.5 Å². The van der Waals surface area contributed by atoms with Crippen molar-refractivity contribution in [3.05, 3.63) is 73.8 Å². The quantitative estimate of drug-likeness (QED) is 0.519. The normalized spacial score (nSPS) is 18.3. The number of H-pyrrole nitrogens is 1. The summed E-state index contributed by atoms with van der Waals surface area (Å²) in [6.07, 6.45) is -1.10. The minimum absolute atomic E-state index is 0.0530. The number of nitrogens with one attached hydrogen (secondary N) is 1. The van der Waals surface area contributed by atoms with Gasteiger partial charge in [0.05, 0.1) is 11.1 Å². The lowest BCUT2D eigenvalue weighted by Crippen LogP contribution is -2.39. The minimum atomic E-state index is -4.32. The molecule has 9 nitrogen and oxygen atoms in total. The Bertz CT molecular complexity index is 1440. The summed E-state index contributed by atoms with van der Waals surface area (Å²) in [5, 5.41) is 16.4. The van der Waals surface area contributed by atoms with E-state index in [1.807, 2.05) is 6.92 Å². The number of aryl methyl sites for hydroxylation is 1. The van der Waals surface area contributed by atoms with Crippen molar-refractivity contribution in [2.45, 2.75) is 50.7 Å². The fraction of sp³-hybridized carbons (Fsp3) is 0.391. The van der Waals surface area contributed by atoms with E-state index in [0.717, 1.165) is 9.87 Å². The van der Waals surface area contributed by atoms with Crippen LogP contribution in [-0.2, 0) is 10.0 Å². The number of aromatic nitrogens is 2. The van der Waals surface area contributed by atoms with Gasteiger partial charge in [0, 0.05) is 18.0 Å². The lowest BCUT2D eigenvalue weighted by molar-refractivity contribution is 0.184. The first-order chi connectivity index (χ1) is 16.4. The summed E-state index contributed by atoms with van der Waals surface area (Å²) in [6, 6.07) is 4.42. The van der Waals surface area contributed by atoms with Crippen LogP contribution in [0.3, 0.4) is 0 Å². The Morgan fingerprint density at radius 1 is 1.20 bits per heavy atom. The van der Waals surface area contributed by atoms with E-state index in [1.165, 1.54) is 25.1 Å². The van der Waals surface area contributed by atoms with E-state index in [-0.39, 0.29) is 45.8 Å². The lowest BCUT2D eigenvalue weighted by atomic mass is 9.87. The molecule has 0 spiro atoms. The number of aliphatic hydroxyl groups excluding tert-OH is 1. The topological polar surface area (TPSA) is 126 Å². The second kappa shape index (κ2) is 9.38. The number of nitrogens with zero attached hydrogens (tertiary/aromatic N) is 2. The minimum Gasteiger partial charge on any atom is -0.490 e. The number of rotatable bonds is 5. The van der Waals surface area contributed by atoms with Gasteiger partial charge in [-0.3, -0.25) is 0 Å². The van der Waals surface area contributed by atoms with Crippen LogP contribution in [0.25, 0.3) is 0 Å². The molecule has 3 aromatic rings. The highest BCUT2D eigenvalue weighted by atomic mass is 35.5. The van der Waals surface area contributed by atoms with Gasteiger partial charge in [-0.2, -0.15) is 4.31 Å². The molecular weight excluding hydrogens is 501 g/mol. The second-order valence-corrected chi connectivity index (χ2v) is 10.8. The summed E-state index contributed by atoms with van der Waals surface area (Å²) in [6.45, 7) is 6.41. The molecule has 2 heterocycles. The zero-order chi connectivity index (χ0) is 25.7. The summed E-state index contributed by atoms with van der Waals surface area (Å²) >= 11 is 6.23. The molecule has 4 rings (SSSR count). The molecule has 0 unspecified atom stereocenters. The van der Waals surface area contributed by atoms with E-state index < -0.39 is 39.7 Å². The van der Waals surface area contributed by atoms with E-state index in [4.69, 9.17) is 20.8 Å². The fourth-order valence-electron chi connectivity index (χ4n) is 4.55. The predicted octanol–water partition coefficient (Wildman–Crippen LogP) is 3.75. The third kappa shape index (κ3) is 4.37. The first-order valence-electron chi connectivity index (χ1n) is 10.9. The number of hydrogen-bond donors (Lipinski definition) is 2. The van der Waals surface area contributed by atoms with Gasteiger partial charge in [0.2, 0.25) is 15.9 Å². The van der Waals surface area contributed by atoms with Crippen LogP contribution in [0.15, 0.2) is 38.4 Å². The van der Waals surface area contributed by atoms with E-state index in [1.54, 1.807) is 19.9 Å². The van der Waals surface area contributed by atoms with Gasteiger partial charge in [-0.05, 0) is 55.7 Å². The largest absolute Gasteiger partial charge is 0.490 e. The third-order valence-electron chi connectivity index (χ3n) is 6.35. The number of halogens is 2. The standard InChI is InChI=1S/C23H25ClFN3O6S/c1-11-5-7-16(25)18(12(11)2)13(3)20(22-26-27-23(30)34-22)28-9-10-33-21-17(35(28,31)32)8-6-15(24)19(21)14(4)29/h5-8,13-14,20,29H,9-10H2,1-4H3,(H,27,30)/t13-,14+,20+/m1/s1. The molecule has 35 heavy (non-hydrogen) atoms. The summed E-state index contributed by atoms with van der Waals surface area (Å²) < 4.78 is 55.1. The Hall–Kier alpha value is -2.73. The van der Waals surface area contributed by atoms with Gasteiger partial charge in [0.1, 0.15) is 29.1 Å². The molecule has 0 bridgehead atoms. The van der Waals surface area contributed by atoms with E-state index >= 15 is 4.39 Å². The van der Waals surface area contributed by atoms with Gasteiger partial charge < -0.3 is 14.3 Å². The first-order valence-corrected chi connectivity index (χ1v) is 12.7. The zero-order valence-corrected chi connectivity index (χ0v) is 21.1. The van der Waals surface area contributed by atoms with Crippen molar-refractivity contribution < 1.29 is 27.1 Å². The molecule has 0 aliphatic carbocycles. The van der Waals surface area contributed by atoms with Crippen molar-refractivity contribution in [3.8, 4) is 5.75 Å². The SMILES string of the molecule is Cc1ccc(F)c([C@@H](C)[C@@H](c2n[nH]c(=O)o2)N2CCOc3c(ccc(Cl)c3[C@H](C)O)S2(=O)=O)c1C. The highest BCUT2D eigenvalue weighted by Gasteiger charge is 2.43. The maximum absolute atomic E-state index is 15.1. The highest BCUT2D eigenvalue weighted by Crippen LogP contribution is 2.45. The van der Waals surface area contributed by atoms with Crippen LogP contribution in [0.4, 0.5) is 4.39 Å². The van der Waals surface area contributed by atoms with Gasteiger partial charge in [0.25, 0.3) is 0 Å². The molecule has 0 saturated carbocycles. The number of sulfonamides is 1. The molecule has 0 radical (unpaired) electrons. The van der Waals surface area contributed by atoms with Gasteiger partial charge in [-0.25, -0.2) is 22.7 Å². The second-order valence-electron chi connectivity index (χ2n) is 8.52. The smallest absolute Gasteiger partial charge is 0.434 e. The fourth-order valence-corrected chi connectivity index (χ4v) is 6.63. The Balaban J connectivity index is 1.94. The van der Waals surface area contributed by atoms with Crippen LogP contribution >= 0.6 is 11.6 Å². The summed E-state index contributed by atoms with van der Waals surface area (Å²) in [5.74, 6) is -2.45. The number of ether oxygens (including phenoxy) is 1. The molecule has 0 fully saturated rings. The molecule has 1 aromatic heterocycles. The molecule has 3 atom stereocenters. The van der Waals surface area contributed by atoms with Crippen molar-refractivity contribution in [1.29, 1.82) is 0 Å². The van der Waals surface area contributed by atoms with Gasteiger partial charge in [0.15, 0.2) is 0 Å². The maximum atomic E-state index is 15.1. The van der Waals surface area contributed by atoms with E-state index in [0.29, 0.717) is 5.56 Å². The molecule has 188 valence electrons. The summed E-state index contributed by atoms with van der Waals surface area (Å²) in [7, 11) is -4.32. The lowest BCUT2D eigenvalue weighted by Gasteiger charge is -2.32. The van der Waals surface area contributed by atoms with Crippen LogP contribution in [0.5, 0.6) is 5.75 Å². The highest BCUT2D eigenvalue weighted by molar-refractivity contribution is 7.89. The zero-order valence-electron chi connectivity index (χ0n) is 19.5. The number of aromatic amines is 1. The number of benzene rings is 2. The molecule has 0 saturated heterocycles. The van der Waals surface area contributed by atoms with Crippen LogP contribution in [0, 0.1) is 19.7 Å². The van der Waals surface area contributed by atoms with Crippen molar-refractivity contribution in [2.24, 2.45) is 0 Å². The van der Waals surface area contributed by atoms with E-state index in [2.05, 4.69) is 10.2 Å². The van der Waals surface area contributed by atoms with Crippen molar-refractivity contribution in [3.63, 3.8) is 0 Å². The number of hydrogen-bond acceptors (Lipinski definition) is 7.